The molecule has 2 aliphatic rings. The van der Waals surface area contributed by atoms with Crippen LogP contribution in [0, 0.1) is 5.92 Å². The van der Waals surface area contributed by atoms with Crippen molar-refractivity contribution in [2.24, 2.45) is 11.7 Å². The number of pyridine rings is 1. The van der Waals surface area contributed by atoms with E-state index in [-0.39, 0.29) is 36.3 Å². The van der Waals surface area contributed by atoms with Gasteiger partial charge in [0.25, 0.3) is 0 Å². The Bertz CT molecular complexity index is 994. The lowest BCUT2D eigenvalue weighted by molar-refractivity contribution is -0.118. The van der Waals surface area contributed by atoms with Gasteiger partial charge >= 0.3 is 7.12 Å². The van der Waals surface area contributed by atoms with Gasteiger partial charge in [-0.25, -0.2) is 0 Å². The lowest BCUT2D eigenvalue weighted by Gasteiger charge is -2.28. The molecule has 1 unspecified atom stereocenters. The zero-order chi connectivity index (χ0) is 23.4. The van der Waals surface area contributed by atoms with Crippen LogP contribution in [0.25, 0.3) is 0 Å². The van der Waals surface area contributed by atoms with E-state index in [2.05, 4.69) is 10.3 Å². The molecule has 8 heteroatoms. The quantitative estimate of drug-likeness (QED) is 0.377. The predicted octanol–water partition coefficient (Wildman–Crippen LogP) is 2.66. The summed E-state index contributed by atoms with van der Waals surface area (Å²) in [4.78, 5) is 29.0. The summed E-state index contributed by atoms with van der Waals surface area (Å²) in [7, 11) is -1.12. The molecule has 1 aliphatic carbocycles. The first-order chi connectivity index (χ1) is 15.9. The Morgan fingerprint density at radius 3 is 2.79 bits per heavy atom. The van der Waals surface area contributed by atoms with E-state index in [1.54, 1.807) is 18.3 Å². The molecule has 4 rings (SSSR count). The van der Waals surface area contributed by atoms with Crippen LogP contribution >= 0.6 is 0 Å². The summed E-state index contributed by atoms with van der Waals surface area (Å²) < 4.78 is 5.64. The van der Waals surface area contributed by atoms with Gasteiger partial charge in [-0.15, -0.1) is 0 Å². The Morgan fingerprint density at radius 1 is 1.30 bits per heavy atom. The van der Waals surface area contributed by atoms with Gasteiger partial charge in [-0.3, -0.25) is 14.6 Å². The Kier molecular flexibility index (Phi) is 7.58. The standard InChI is InChI=1S/C25H32BN3O4/c1-16(30)22-7-3-6-19-11-20(26(32)33-25(19)22)12-21(31)10-18-8-9-24(29-14-18)23(27)15-28-13-17-4-2-5-17/h3,6-9,14,17,20,23,28,32H,2,4-5,10-13,15,27H2,1H3/t20-,23?/m1/s1. The van der Waals surface area contributed by atoms with Crippen molar-refractivity contribution >= 4 is 18.7 Å². The number of rotatable bonds is 10. The number of Topliss-reactive ketones (excluding diaryl/α,β-unsaturated/α-hetero) is 2. The first-order valence-corrected chi connectivity index (χ1v) is 11.8. The maximum absolute atomic E-state index is 12.7. The summed E-state index contributed by atoms with van der Waals surface area (Å²) in [5.41, 5.74) is 9.18. The maximum atomic E-state index is 12.7. The summed E-state index contributed by atoms with van der Waals surface area (Å²) in [6, 6.07) is 8.97. The predicted molar refractivity (Wildman–Crippen MR) is 127 cm³/mol. The summed E-state index contributed by atoms with van der Waals surface area (Å²) in [6.45, 7) is 3.17. The van der Waals surface area contributed by atoms with Crippen LogP contribution in [0.5, 0.6) is 5.75 Å². The molecule has 0 saturated heterocycles. The molecule has 0 spiro atoms. The summed E-state index contributed by atoms with van der Waals surface area (Å²) in [5.74, 6) is 0.763. The lowest BCUT2D eigenvalue weighted by atomic mass is 9.64. The molecule has 4 N–H and O–H groups in total. The Morgan fingerprint density at radius 2 is 2.12 bits per heavy atom. The lowest BCUT2D eigenvalue weighted by Crippen LogP contribution is -2.36. The number of carbonyl (C=O) groups excluding carboxylic acids is 2. The highest BCUT2D eigenvalue weighted by atomic mass is 16.5. The average molecular weight is 449 g/mol. The number of carbonyl (C=O) groups is 2. The minimum atomic E-state index is -1.12. The van der Waals surface area contributed by atoms with E-state index in [4.69, 9.17) is 10.4 Å². The third kappa shape index (κ3) is 5.88. The monoisotopic (exact) mass is 449 g/mol. The molecule has 2 atom stereocenters. The molecule has 0 amide bonds. The van der Waals surface area contributed by atoms with Crippen LogP contribution in [0.2, 0.25) is 5.82 Å². The molecular formula is C25H32BN3O4. The molecule has 2 heterocycles. The zero-order valence-electron chi connectivity index (χ0n) is 19.1. The Balaban J connectivity index is 1.28. The van der Waals surface area contributed by atoms with Gasteiger partial charge in [0.05, 0.1) is 17.3 Å². The zero-order valence-corrected chi connectivity index (χ0v) is 19.1. The molecule has 2 aromatic rings. The molecule has 7 nitrogen and oxygen atoms in total. The summed E-state index contributed by atoms with van der Waals surface area (Å²) in [5, 5.41) is 13.9. The van der Waals surface area contributed by atoms with Gasteiger partial charge in [0.2, 0.25) is 0 Å². The Hall–Kier alpha value is -2.55. The highest BCUT2D eigenvalue weighted by Crippen LogP contribution is 2.36. The van der Waals surface area contributed by atoms with Crippen molar-refractivity contribution in [3.8, 4) is 5.75 Å². The number of ketones is 2. The number of hydrogen-bond acceptors (Lipinski definition) is 7. The first-order valence-electron chi connectivity index (χ1n) is 11.8. The fourth-order valence-corrected chi connectivity index (χ4v) is 4.53. The van der Waals surface area contributed by atoms with Crippen LogP contribution in [0.15, 0.2) is 36.5 Å². The average Bonchev–Trinajstić information content (AvgIpc) is 2.75. The highest BCUT2D eigenvalue weighted by molar-refractivity contribution is 6.47. The van der Waals surface area contributed by atoms with Crippen LogP contribution in [-0.4, -0.2) is 41.8 Å². The topological polar surface area (TPSA) is 115 Å². The van der Waals surface area contributed by atoms with Gasteiger partial charge in [0.15, 0.2) is 5.78 Å². The number of nitrogens with one attached hydrogen (secondary N) is 1. The van der Waals surface area contributed by atoms with Crippen molar-refractivity contribution in [3.05, 3.63) is 58.9 Å². The second kappa shape index (κ2) is 10.6. The Labute approximate surface area is 195 Å². The van der Waals surface area contributed by atoms with Crippen molar-refractivity contribution in [1.82, 2.24) is 10.3 Å². The van der Waals surface area contributed by atoms with E-state index in [1.165, 1.54) is 26.2 Å². The second-order valence-corrected chi connectivity index (χ2v) is 9.40. The van der Waals surface area contributed by atoms with E-state index < -0.39 is 7.12 Å². The van der Waals surface area contributed by atoms with Crippen molar-refractivity contribution in [2.45, 2.75) is 57.3 Å². The van der Waals surface area contributed by atoms with Gasteiger partial charge in [-0.05, 0) is 61.9 Å². The fraction of sp³-hybridized carbons (Fsp3) is 0.480. The molecule has 0 radical (unpaired) electrons. The molecule has 174 valence electrons. The van der Waals surface area contributed by atoms with Gasteiger partial charge in [-0.1, -0.05) is 24.6 Å². The molecule has 33 heavy (non-hydrogen) atoms. The van der Waals surface area contributed by atoms with Crippen LogP contribution in [0.1, 0.15) is 65.8 Å². The number of fused-ring (bicyclic) bond motifs is 1. The molecule has 0 bridgehead atoms. The van der Waals surface area contributed by atoms with Crippen LogP contribution in [-0.2, 0) is 17.6 Å². The molecule has 1 aliphatic heterocycles. The normalized spacial score (nSPS) is 18.8. The number of para-hydroxylation sites is 1. The third-order valence-corrected chi connectivity index (χ3v) is 6.74. The van der Waals surface area contributed by atoms with Gasteiger partial charge in [0, 0.05) is 31.4 Å². The first kappa shape index (κ1) is 23.6. The summed E-state index contributed by atoms with van der Waals surface area (Å²) >= 11 is 0. The van der Waals surface area contributed by atoms with Crippen molar-refractivity contribution < 1.29 is 19.3 Å². The molecular weight excluding hydrogens is 417 g/mol. The van der Waals surface area contributed by atoms with Gasteiger partial charge < -0.3 is 20.7 Å². The largest absolute Gasteiger partial charge is 0.535 e. The van der Waals surface area contributed by atoms with Gasteiger partial charge in [0.1, 0.15) is 11.5 Å². The fourth-order valence-electron chi connectivity index (χ4n) is 4.53. The van der Waals surface area contributed by atoms with E-state index in [1.807, 2.05) is 18.2 Å². The number of nitrogens with two attached hydrogens (primary N) is 1. The third-order valence-electron chi connectivity index (χ3n) is 6.74. The van der Waals surface area contributed by atoms with E-state index in [9.17, 15) is 14.6 Å². The number of hydrogen-bond donors (Lipinski definition) is 3. The van der Waals surface area contributed by atoms with Gasteiger partial charge in [-0.2, -0.15) is 0 Å². The minimum Gasteiger partial charge on any atom is -0.535 e. The molecule has 1 saturated carbocycles. The summed E-state index contributed by atoms with van der Waals surface area (Å²) in [6.07, 6.45) is 6.58. The van der Waals surface area contributed by atoms with Crippen LogP contribution in [0.3, 0.4) is 0 Å². The van der Waals surface area contributed by atoms with Crippen LogP contribution in [0.4, 0.5) is 0 Å². The van der Waals surface area contributed by atoms with Crippen LogP contribution < -0.4 is 15.7 Å². The smallest absolute Gasteiger partial charge is 0.526 e. The number of nitrogens with zero attached hydrogens (tertiary/aromatic N) is 1. The van der Waals surface area contributed by atoms with E-state index in [0.717, 1.165) is 29.3 Å². The molecule has 1 fully saturated rings. The van der Waals surface area contributed by atoms with E-state index in [0.29, 0.717) is 24.3 Å². The van der Waals surface area contributed by atoms with Crippen molar-refractivity contribution in [3.63, 3.8) is 0 Å². The number of benzene rings is 1. The molecule has 1 aromatic heterocycles. The molecule has 1 aromatic carbocycles. The maximum Gasteiger partial charge on any atom is 0.526 e. The SMILES string of the molecule is CC(=O)c1cccc2c1OB(O)[C@@H](CC(=O)Cc1ccc(C(N)CNCC3CCC3)nc1)C2. The highest BCUT2D eigenvalue weighted by Gasteiger charge is 2.37. The van der Waals surface area contributed by atoms with Crippen molar-refractivity contribution in [1.29, 1.82) is 0 Å². The number of aromatic nitrogens is 1. The van der Waals surface area contributed by atoms with E-state index >= 15 is 0 Å². The van der Waals surface area contributed by atoms with Crippen molar-refractivity contribution in [2.75, 3.05) is 13.1 Å². The second-order valence-electron chi connectivity index (χ2n) is 9.40. The minimum absolute atomic E-state index is 0.00911.